The molecule has 4 nitrogen and oxygen atoms in total. The number of ether oxygens (including phenoxy) is 2. The van der Waals surface area contributed by atoms with Crippen molar-refractivity contribution in [2.75, 3.05) is 14.2 Å². The third-order valence-corrected chi connectivity index (χ3v) is 1.52. The number of hydrogen-bond acceptors (Lipinski definition) is 4. The van der Waals surface area contributed by atoms with Crippen LogP contribution in [0.4, 0.5) is 0 Å². The van der Waals surface area contributed by atoms with E-state index in [9.17, 15) is 0 Å². The van der Waals surface area contributed by atoms with Crippen LogP contribution in [-0.4, -0.2) is 24.2 Å². The molecule has 0 N–H and O–H groups in total. The van der Waals surface area contributed by atoms with Gasteiger partial charge >= 0.3 is 0 Å². The average Bonchev–Trinajstić information content (AvgIpc) is 2.16. The molecule has 0 radical (unpaired) electrons. The van der Waals surface area contributed by atoms with Crippen molar-refractivity contribution in [3.8, 4) is 11.8 Å². The summed E-state index contributed by atoms with van der Waals surface area (Å²) in [7, 11) is 3.14. The third kappa shape index (κ3) is 1.64. The molecule has 4 heteroatoms. The first-order chi connectivity index (χ1) is 5.81. The smallest absolute Gasteiger partial charge is 0.235 e. The Hall–Kier alpha value is -1.32. The largest absolute Gasteiger partial charge is 0.480 e. The lowest BCUT2D eigenvalue weighted by atomic mass is 10.3. The lowest BCUT2D eigenvalue weighted by Crippen LogP contribution is -1.99. The second kappa shape index (κ2) is 3.90. The van der Waals surface area contributed by atoms with E-state index >= 15 is 0 Å². The normalized spacial score (nSPS) is 9.58. The maximum Gasteiger partial charge on any atom is 0.235 e. The van der Waals surface area contributed by atoms with Crippen molar-refractivity contribution in [2.45, 2.75) is 13.3 Å². The van der Waals surface area contributed by atoms with Gasteiger partial charge in [-0.05, 0) is 6.42 Å². The van der Waals surface area contributed by atoms with Gasteiger partial charge in [-0.25, -0.2) is 9.97 Å². The minimum absolute atomic E-state index is 0.521. The zero-order valence-electron chi connectivity index (χ0n) is 7.50. The van der Waals surface area contributed by atoms with Gasteiger partial charge in [-0.3, -0.25) is 0 Å². The van der Waals surface area contributed by atoms with Crippen LogP contribution < -0.4 is 9.47 Å². The number of rotatable bonds is 3. The highest BCUT2D eigenvalue weighted by molar-refractivity contribution is 5.21. The fraction of sp³-hybridized carbons (Fsp3) is 0.500. The van der Waals surface area contributed by atoms with Gasteiger partial charge in [0, 0.05) is 0 Å². The molecule has 12 heavy (non-hydrogen) atoms. The van der Waals surface area contributed by atoms with E-state index in [4.69, 9.17) is 9.47 Å². The van der Waals surface area contributed by atoms with Gasteiger partial charge in [-0.1, -0.05) is 6.92 Å². The molecule has 0 saturated heterocycles. The zero-order valence-corrected chi connectivity index (χ0v) is 7.50. The molecule has 0 aromatic carbocycles. The number of methoxy groups -OCH3 is 2. The molecule has 0 bridgehead atoms. The van der Waals surface area contributed by atoms with Crippen LogP contribution in [0.15, 0.2) is 6.20 Å². The van der Waals surface area contributed by atoms with E-state index in [1.807, 2.05) is 6.92 Å². The number of nitrogens with zero attached hydrogens (tertiary/aromatic N) is 2. The Morgan fingerprint density at radius 2 is 2.08 bits per heavy atom. The van der Waals surface area contributed by atoms with Crippen LogP contribution in [0.5, 0.6) is 11.8 Å². The number of aromatic nitrogens is 2. The monoisotopic (exact) mass is 168 g/mol. The third-order valence-electron chi connectivity index (χ3n) is 1.52. The maximum atomic E-state index is 5.01. The van der Waals surface area contributed by atoms with Crippen molar-refractivity contribution in [1.29, 1.82) is 0 Å². The molecule has 1 aromatic rings. The zero-order chi connectivity index (χ0) is 8.97. The van der Waals surface area contributed by atoms with E-state index in [0.29, 0.717) is 11.8 Å². The van der Waals surface area contributed by atoms with E-state index < -0.39 is 0 Å². The molecule has 0 aliphatic rings. The molecule has 66 valence electrons. The van der Waals surface area contributed by atoms with Crippen LogP contribution in [0.1, 0.15) is 12.6 Å². The van der Waals surface area contributed by atoms with E-state index in [1.54, 1.807) is 14.2 Å². The van der Waals surface area contributed by atoms with Gasteiger partial charge in [0.25, 0.3) is 0 Å². The van der Waals surface area contributed by atoms with E-state index in [0.717, 1.165) is 12.1 Å². The molecule has 1 heterocycles. The fourth-order valence-corrected chi connectivity index (χ4v) is 0.897. The van der Waals surface area contributed by atoms with Crippen LogP contribution in [0.25, 0.3) is 0 Å². The summed E-state index contributed by atoms with van der Waals surface area (Å²) in [5.41, 5.74) is 0.817. The van der Waals surface area contributed by atoms with Gasteiger partial charge in [-0.15, -0.1) is 0 Å². The summed E-state index contributed by atoms with van der Waals surface area (Å²) >= 11 is 0. The number of hydrogen-bond donors (Lipinski definition) is 0. The second-order valence-corrected chi connectivity index (χ2v) is 2.22. The van der Waals surface area contributed by atoms with E-state index in [1.165, 1.54) is 6.20 Å². The summed E-state index contributed by atoms with van der Waals surface area (Å²) in [4.78, 5) is 8.20. The van der Waals surface area contributed by atoms with E-state index in [2.05, 4.69) is 9.97 Å². The predicted octanol–water partition coefficient (Wildman–Crippen LogP) is 1.06. The summed E-state index contributed by atoms with van der Waals surface area (Å²) in [6.45, 7) is 1.99. The van der Waals surface area contributed by atoms with Crippen LogP contribution in [-0.2, 0) is 6.42 Å². The first kappa shape index (κ1) is 8.77. The summed E-state index contributed by atoms with van der Waals surface area (Å²) in [5.74, 6) is 1.09. The maximum absolute atomic E-state index is 5.01. The Labute approximate surface area is 71.6 Å². The summed E-state index contributed by atoms with van der Waals surface area (Å²) < 4.78 is 9.93. The van der Waals surface area contributed by atoms with Gasteiger partial charge in [0.05, 0.1) is 20.4 Å². The van der Waals surface area contributed by atoms with Gasteiger partial charge in [0.1, 0.15) is 5.69 Å². The topological polar surface area (TPSA) is 44.2 Å². The first-order valence-corrected chi connectivity index (χ1v) is 3.75. The van der Waals surface area contributed by atoms with Crippen molar-refractivity contribution in [3.63, 3.8) is 0 Å². The first-order valence-electron chi connectivity index (χ1n) is 3.75. The van der Waals surface area contributed by atoms with Crippen LogP contribution >= 0.6 is 0 Å². The molecular formula is C8H12N2O2. The minimum atomic E-state index is 0.521. The summed E-state index contributed by atoms with van der Waals surface area (Å²) in [5, 5.41) is 0. The quantitative estimate of drug-likeness (QED) is 0.676. The molecule has 0 saturated carbocycles. The fourth-order valence-electron chi connectivity index (χ4n) is 0.897. The van der Waals surface area contributed by atoms with E-state index in [-0.39, 0.29) is 0 Å². The standard InChI is InChI=1S/C8H12N2O2/c1-4-6-8(12-3)9-5-7(10-6)11-2/h5H,4H2,1-3H3. The molecule has 0 amide bonds. The molecule has 0 aliphatic carbocycles. The number of aryl methyl sites for hydroxylation is 1. The van der Waals surface area contributed by atoms with Crippen LogP contribution in [0.2, 0.25) is 0 Å². The summed E-state index contributed by atoms with van der Waals surface area (Å²) in [6, 6.07) is 0. The average molecular weight is 168 g/mol. The highest BCUT2D eigenvalue weighted by atomic mass is 16.5. The molecule has 1 aromatic heterocycles. The molecular weight excluding hydrogens is 156 g/mol. The SMILES string of the molecule is CCc1nc(OC)cnc1OC. The lowest BCUT2D eigenvalue weighted by Gasteiger charge is -2.05. The van der Waals surface area contributed by atoms with Crippen LogP contribution in [0, 0.1) is 0 Å². The van der Waals surface area contributed by atoms with Gasteiger partial charge in [0.2, 0.25) is 11.8 Å². The molecule has 0 atom stereocenters. The van der Waals surface area contributed by atoms with Gasteiger partial charge in [0.15, 0.2) is 0 Å². The van der Waals surface area contributed by atoms with Gasteiger partial charge in [-0.2, -0.15) is 0 Å². The van der Waals surface area contributed by atoms with Crippen molar-refractivity contribution in [3.05, 3.63) is 11.9 Å². The van der Waals surface area contributed by atoms with Crippen molar-refractivity contribution < 1.29 is 9.47 Å². The van der Waals surface area contributed by atoms with Crippen molar-refractivity contribution in [1.82, 2.24) is 9.97 Å². The second-order valence-electron chi connectivity index (χ2n) is 2.22. The minimum Gasteiger partial charge on any atom is -0.480 e. The van der Waals surface area contributed by atoms with Crippen molar-refractivity contribution >= 4 is 0 Å². The Kier molecular flexibility index (Phi) is 2.85. The Balaban J connectivity index is 3.02. The van der Waals surface area contributed by atoms with Gasteiger partial charge < -0.3 is 9.47 Å². The Bertz CT molecular complexity index is 263. The Morgan fingerprint density at radius 1 is 1.33 bits per heavy atom. The predicted molar refractivity (Wildman–Crippen MR) is 44.5 cm³/mol. The molecule has 0 unspecified atom stereocenters. The van der Waals surface area contributed by atoms with Crippen molar-refractivity contribution in [2.24, 2.45) is 0 Å². The summed E-state index contributed by atoms with van der Waals surface area (Å²) in [6.07, 6.45) is 2.32. The lowest BCUT2D eigenvalue weighted by molar-refractivity contribution is 0.369. The highest BCUT2D eigenvalue weighted by Gasteiger charge is 2.05. The molecule has 0 aliphatic heterocycles. The molecule has 1 rings (SSSR count). The molecule has 0 spiro atoms. The Morgan fingerprint density at radius 3 is 2.58 bits per heavy atom. The van der Waals surface area contributed by atoms with Crippen LogP contribution in [0.3, 0.4) is 0 Å². The highest BCUT2D eigenvalue weighted by Crippen LogP contribution is 2.15. The molecule has 0 fully saturated rings.